The van der Waals surface area contributed by atoms with Gasteiger partial charge in [0.2, 0.25) is 0 Å². The average Bonchev–Trinajstić information content (AvgIpc) is 2.56. The Hall–Kier alpha value is -3.13. The van der Waals surface area contributed by atoms with E-state index in [9.17, 15) is 18.4 Å². The zero-order valence-corrected chi connectivity index (χ0v) is 12.9. The summed E-state index contributed by atoms with van der Waals surface area (Å²) < 4.78 is 32.5. The average molecular weight is 365 g/mol. The van der Waals surface area contributed by atoms with Gasteiger partial charge >= 0.3 is 6.16 Å². The molecule has 1 aromatic heterocycles. The first-order valence-electron chi connectivity index (χ1n) is 6.72. The summed E-state index contributed by atoms with van der Waals surface area (Å²) >= 11 is 5.74. The van der Waals surface area contributed by atoms with E-state index in [2.05, 4.69) is 14.7 Å². The van der Waals surface area contributed by atoms with Gasteiger partial charge in [-0.15, -0.1) is 0 Å². The van der Waals surface area contributed by atoms with Crippen molar-refractivity contribution in [2.24, 2.45) is 0 Å². The first-order valence-corrected chi connectivity index (χ1v) is 7.10. The lowest BCUT2D eigenvalue weighted by atomic mass is 10.0. The van der Waals surface area contributed by atoms with Gasteiger partial charge in [0.05, 0.1) is 22.8 Å². The third-order valence-corrected chi connectivity index (χ3v) is 3.44. The van der Waals surface area contributed by atoms with Gasteiger partial charge in [0.25, 0.3) is 0 Å². The summed E-state index contributed by atoms with van der Waals surface area (Å²) in [5, 5.41) is 8.65. The molecule has 0 unspecified atom stereocenters. The maximum Gasteiger partial charge on any atom is 0.511 e. The van der Waals surface area contributed by atoms with Crippen LogP contribution in [0.3, 0.4) is 0 Å². The maximum absolute atomic E-state index is 14.3. The van der Waals surface area contributed by atoms with E-state index < -0.39 is 34.9 Å². The van der Waals surface area contributed by atoms with Gasteiger partial charge in [0.15, 0.2) is 17.3 Å². The van der Waals surface area contributed by atoms with Crippen LogP contribution in [0.1, 0.15) is 15.9 Å². The lowest BCUT2D eigenvalue weighted by Gasteiger charge is -2.08. The number of carbonyl (C=O) groups is 2. The highest BCUT2D eigenvalue weighted by atomic mass is 35.5. The number of rotatable bonds is 3. The summed E-state index contributed by atoms with van der Waals surface area (Å²) in [7, 11) is 0. The fraction of sp³-hybridized carbons (Fsp3) is 0. The number of nitrogens with zero attached hydrogens (tertiary/aromatic N) is 2. The number of fused-ring (bicyclic) bond motifs is 1. The topological polar surface area (TPSA) is 89.4 Å². The molecule has 0 aliphatic rings. The zero-order chi connectivity index (χ0) is 18.1. The molecule has 0 radical (unpaired) electrons. The summed E-state index contributed by atoms with van der Waals surface area (Å²) in [6.07, 6.45) is -0.475. The molecule has 0 amide bonds. The second-order valence-electron chi connectivity index (χ2n) is 4.83. The van der Waals surface area contributed by atoms with Gasteiger partial charge in [-0.1, -0.05) is 11.6 Å². The van der Waals surface area contributed by atoms with Crippen LogP contribution in [0.4, 0.5) is 13.6 Å². The van der Waals surface area contributed by atoms with Crippen LogP contribution in [0, 0.1) is 11.6 Å². The number of carbonyl (C=O) groups excluding carboxylic acids is 1. The monoisotopic (exact) mass is 364 g/mol. The Bertz CT molecular complexity index is 1030. The van der Waals surface area contributed by atoms with Crippen LogP contribution in [0.5, 0.6) is 5.75 Å². The van der Waals surface area contributed by atoms with Crippen molar-refractivity contribution in [3.8, 4) is 5.75 Å². The molecular weight excluding hydrogens is 358 g/mol. The van der Waals surface area contributed by atoms with Crippen LogP contribution in [0.15, 0.2) is 36.5 Å². The van der Waals surface area contributed by atoms with Gasteiger partial charge in [-0.25, -0.2) is 18.6 Å². The zero-order valence-electron chi connectivity index (χ0n) is 12.2. The molecule has 3 rings (SSSR count). The second-order valence-corrected chi connectivity index (χ2v) is 5.22. The standard InChI is InChI=1S/C16H7ClF2N2O4/c17-12-6-20-9-3-1-7(5-10(9)21-12)15(22)13-8(18)2-4-11(14(13)19)25-16(23)24/h1-6H,(H,23,24). The van der Waals surface area contributed by atoms with Crippen molar-refractivity contribution in [1.82, 2.24) is 9.97 Å². The molecule has 6 nitrogen and oxygen atoms in total. The molecule has 9 heteroatoms. The smallest absolute Gasteiger partial charge is 0.449 e. The summed E-state index contributed by atoms with van der Waals surface area (Å²) in [6.45, 7) is 0. The highest BCUT2D eigenvalue weighted by Gasteiger charge is 2.24. The van der Waals surface area contributed by atoms with E-state index in [1.807, 2.05) is 0 Å². The van der Waals surface area contributed by atoms with Crippen molar-refractivity contribution in [2.75, 3.05) is 0 Å². The van der Waals surface area contributed by atoms with Gasteiger partial charge in [0, 0.05) is 5.56 Å². The Kier molecular flexibility index (Phi) is 4.28. The molecule has 0 aliphatic carbocycles. The predicted octanol–water partition coefficient (Wildman–Crippen LogP) is 3.85. The second kappa shape index (κ2) is 6.40. The molecule has 0 saturated carbocycles. The highest BCUT2D eigenvalue weighted by molar-refractivity contribution is 6.29. The summed E-state index contributed by atoms with van der Waals surface area (Å²) in [5.41, 5.74) is -0.315. The fourth-order valence-electron chi connectivity index (χ4n) is 2.19. The highest BCUT2D eigenvalue weighted by Crippen LogP contribution is 2.26. The van der Waals surface area contributed by atoms with Crippen molar-refractivity contribution >= 4 is 34.6 Å². The van der Waals surface area contributed by atoms with Crippen LogP contribution in [0.2, 0.25) is 5.15 Å². The summed E-state index contributed by atoms with van der Waals surface area (Å²) in [6, 6.07) is 5.56. The van der Waals surface area contributed by atoms with E-state index in [4.69, 9.17) is 16.7 Å². The minimum absolute atomic E-state index is 0.0747. The third-order valence-electron chi connectivity index (χ3n) is 3.26. The minimum Gasteiger partial charge on any atom is -0.449 e. The van der Waals surface area contributed by atoms with Crippen molar-refractivity contribution in [2.45, 2.75) is 0 Å². The molecule has 0 atom stereocenters. The minimum atomic E-state index is -1.79. The Balaban J connectivity index is 2.10. The van der Waals surface area contributed by atoms with Crippen molar-refractivity contribution in [3.63, 3.8) is 0 Å². The molecule has 25 heavy (non-hydrogen) atoms. The molecule has 0 bridgehead atoms. The Labute approximate surface area is 143 Å². The first kappa shape index (κ1) is 16.7. The fourth-order valence-corrected chi connectivity index (χ4v) is 2.33. The van der Waals surface area contributed by atoms with Crippen LogP contribution < -0.4 is 4.74 Å². The molecule has 0 spiro atoms. The summed E-state index contributed by atoms with van der Waals surface area (Å²) in [4.78, 5) is 31.0. The van der Waals surface area contributed by atoms with E-state index in [1.54, 1.807) is 0 Å². The number of hydrogen-bond acceptors (Lipinski definition) is 5. The maximum atomic E-state index is 14.3. The molecule has 1 N–H and O–H groups in total. The Morgan fingerprint density at radius 2 is 1.88 bits per heavy atom. The van der Waals surface area contributed by atoms with E-state index in [0.717, 1.165) is 12.1 Å². The van der Waals surface area contributed by atoms with Gasteiger partial charge < -0.3 is 9.84 Å². The SMILES string of the molecule is O=C(O)Oc1ccc(F)c(C(=O)c2ccc3ncc(Cl)nc3c2)c1F. The lowest BCUT2D eigenvalue weighted by Crippen LogP contribution is -2.11. The molecule has 3 aromatic rings. The summed E-state index contributed by atoms with van der Waals surface area (Å²) in [5.74, 6) is -4.35. The number of ether oxygens (including phenoxy) is 1. The van der Waals surface area contributed by atoms with Crippen LogP contribution in [-0.4, -0.2) is 27.0 Å². The van der Waals surface area contributed by atoms with Crippen molar-refractivity contribution in [3.05, 3.63) is 64.4 Å². The predicted molar refractivity (Wildman–Crippen MR) is 83.0 cm³/mol. The quantitative estimate of drug-likeness (QED) is 0.431. The molecule has 2 aromatic carbocycles. The van der Waals surface area contributed by atoms with E-state index in [-0.39, 0.29) is 16.2 Å². The first-order chi connectivity index (χ1) is 11.9. The van der Waals surface area contributed by atoms with Crippen LogP contribution in [0.25, 0.3) is 11.0 Å². The van der Waals surface area contributed by atoms with Gasteiger partial charge in [-0.3, -0.25) is 9.78 Å². The molecule has 1 heterocycles. The third kappa shape index (κ3) is 3.24. The Morgan fingerprint density at radius 3 is 2.60 bits per heavy atom. The number of aromatic nitrogens is 2. The van der Waals surface area contributed by atoms with E-state index >= 15 is 0 Å². The number of benzene rings is 2. The number of hydrogen-bond donors (Lipinski definition) is 1. The Morgan fingerprint density at radius 1 is 1.12 bits per heavy atom. The van der Waals surface area contributed by atoms with Gasteiger partial charge in [-0.2, -0.15) is 0 Å². The van der Waals surface area contributed by atoms with Gasteiger partial charge in [0.1, 0.15) is 11.0 Å². The molecule has 0 fully saturated rings. The van der Waals surface area contributed by atoms with Gasteiger partial charge in [-0.05, 0) is 30.3 Å². The van der Waals surface area contributed by atoms with E-state index in [0.29, 0.717) is 5.52 Å². The van der Waals surface area contributed by atoms with Crippen molar-refractivity contribution < 1.29 is 28.2 Å². The molecule has 0 aliphatic heterocycles. The number of carboxylic acid groups (broad SMARTS) is 1. The van der Waals surface area contributed by atoms with Crippen LogP contribution in [-0.2, 0) is 0 Å². The normalized spacial score (nSPS) is 10.7. The van der Waals surface area contributed by atoms with Crippen LogP contribution >= 0.6 is 11.6 Å². The molecule has 0 saturated heterocycles. The van der Waals surface area contributed by atoms with E-state index in [1.165, 1.54) is 24.4 Å². The number of halogens is 3. The molecule has 126 valence electrons. The lowest BCUT2D eigenvalue weighted by molar-refractivity contribution is 0.102. The van der Waals surface area contributed by atoms with Crippen molar-refractivity contribution in [1.29, 1.82) is 0 Å². The number of ketones is 1. The largest absolute Gasteiger partial charge is 0.511 e. The molecular formula is C16H7ClF2N2O4.